The molecule has 0 spiro atoms. The predicted molar refractivity (Wildman–Crippen MR) is 147 cm³/mol. The summed E-state index contributed by atoms with van der Waals surface area (Å²) in [7, 11) is 0. The molecule has 0 aromatic heterocycles. The van der Waals surface area contributed by atoms with Gasteiger partial charge in [0, 0.05) is 35.2 Å². The van der Waals surface area contributed by atoms with Gasteiger partial charge in [0.05, 0.1) is 6.67 Å². The van der Waals surface area contributed by atoms with Gasteiger partial charge in [-0.25, -0.2) is 0 Å². The van der Waals surface area contributed by atoms with Crippen LogP contribution in [0.5, 0.6) is 23.0 Å². The minimum Gasteiger partial charge on any atom is -0.508 e. The van der Waals surface area contributed by atoms with E-state index in [1.165, 1.54) is 0 Å². The molecule has 2 aliphatic rings. The number of aromatic hydroxyl groups is 2. The van der Waals surface area contributed by atoms with E-state index in [1.807, 2.05) is 37.3 Å². The largest absolute Gasteiger partial charge is 0.508 e. The fraction of sp³-hybridized carbons (Fsp3) is 0.312. The first kappa shape index (κ1) is 25.7. The van der Waals surface area contributed by atoms with Crippen molar-refractivity contribution in [1.82, 2.24) is 4.90 Å². The Hall–Kier alpha value is -3.95. The summed E-state index contributed by atoms with van der Waals surface area (Å²) in [6, 6.07) is 18.1. The zero-order chi connectivity index (χ0) is 26.8. The molecule has 1 fully saturated rings. The average molecular weight is 514 g/mol. The van der Waals surface area contributed by atoms with Crippen LogP contribution < -0.4 is 9.47 Å². The Morgan fingerprint density at radius 1 is 1.11 bits per heavy atom. The molecule has 0 radical (unpaired) electrons. The number of ether oxygens (including phenoxy) is 2. The van der Waals surface area contributed by atoms with Crippen LogP contribution in [0, 0.1) is 18.3 Å². The molecule has 1 saturated heterocycles. The molecule has 0 saturated carbocycles. The number of rotatable bonds is 7. The molecule has 0 amide bonds. The van der Waals surface area contributed by atoms with Crippen molar-refractivity contribution in [2.75, 3.05) is 26.4 Å². The van der Waals surface area contributed by atoms with Crippen LogP contribution in [0.3, 0.4) is 0 Å². The molecule has 2 heterocycles. The van der Waals surface area contributed by atoms with E-state index < -0.39 is 6.10 Å². The number of allylic oxidation sites excluding steroid dienone is 1. The minimum atomic E-state index is -0.463. The van der Waals surface area contributed by atoms with Crippen LogP contribution in [0.1, 0.15) is 48.6 Å². The van der Waals surface area contributed by atoms with Gasteiger partial charge in [0.1, 0.15) is 35.7 Å². The molecule has 2 aliphatic heterocycles. The van der Waals surface area contributed by atoms with Crippen LogP contribution in [0.15, 0.2) is 60.7 Å². The Balaban J connectivity index is 1.42. The predicted octanol–water partition coefficient (Wildman–Crippen LogP) is 6.20. The Morgan fingerprint density at radius 3 is 2.61 bits per heavy atom. The van der Waals surface area contributed by atoms with Gasteiger partial charge < -0.3 is 19.7 Å². The molecule has 0 aliphatic carbocycles. The average Bonchev–Trinajstić information content (AvgIpc) is 3.41. The lowest BCUT2D eigenvalue weighted by atomic mass is 9.85. The van der Waals surface area contributed by atoms with E-state index in [9.17, 15) is 14.6 Å². The summed E-state index contributed by atoms with van der Waals surface area (Å²) >= 11 is 0. The molecule has 3 aromatic rings. The lowest BCUT2D eigenvalue weighted by Gasteiger charge is -2.31. The van der Waals surface area contributed by atoms with Crippen molar-refractivity contribution >= 4 is 11.1 Å². The van der Waals surface area contributed by atoms with E-state index in [1.54, 1.807) is 30.3 Å². The second kappa shape index (κ2) is 10.8. The first-order valence-corrected chi connectivity index (χ1v) is 12.9. The van der Waals surface area contributed by atoms with Crippen molar-refractivity contribution < 1.29 is 24.1 Å². The van der Waals surface area contributed by atoms with E-state index in [-0.39, 0.29) is 30.1 Å². The molecular formula is C32H32FNO4. The number of terminal acetylenes is 1. The lowest BCUT2D eigenvalue weighted by Crippen LogP contribution is -2.35. The maximum Gasteiger partial charge on any atom is 0.150 e. The second-order valence-corrected chi connectivity index (χ2v) is 10.2. The molecule has 196 valence electrons. The summed E-state index contributed by atoms with van der Waals surface area (Å²) in [6.07, 6.45) is 6.08. The smallest absolute Gasteiger partial charge is 0.150 e. The van der Waals surface area contributed by atoms with Gasteiger partial charge in [0.2, 0.25) is 0 Å². The molecule has 3 aromatic carbocycles. The maximum absolute atomic E-state index is 13.0. The number of nitrogens with zero attached hydrogens (tertiary/aromatic N) is 1. The van der Waals surface area contributed by atoms with Gasteiger partial charge in [0.15, 0.2) is 0 Å². The highest BCUT2D eigenvalue weighted by Crippen LogP contribution is 2.48. The number of hydrogen-bond donors (Lipinski definition) is 2. The summed E-state index contributed by atoms with van der Waals surface area (Å²) < 4.78 is 25.5. The summed E-state index contributed by atoms with van der Waals surface area (Å²) in [4.78, 5) is 2.28. The third-order valence-electron chi connectivity index (χ3n) is 7.51. The number of phenols is 2. The van der Waals surface area contributed by atoms with Gasteiger partial charge in [-0.1, -0.05) is 18.1 Å². The molecule has 0 bridgehead atoms. The minimum absolute atomic E-state index is 0.0740. The number of fused-ring (bicyclic) bond motifs is 1. The number of likely N-dealkylation sites (tertiary alicyclic amines) is 1. The first-order valence-electron chi connectivity index (χ1n) is 12.9. The number of phenolic OH excluding ortho intramolecular Hbond substituents is 2. The topological polar surface area (TPSA) is 62.2 Å². The van der Waals surface area contributed by atoms with E-state index >= 15 is 0 Å². The van der Waals surface area contributed by atoms with Crippen molar-refractivity contribution in [3.05, 3.63) is 82.9 Å². The van der Waals surface area contributed by atoms with Gasteiger partial charge in [-0.2, -0.15) is 0 Å². The normalized spacial score (nSPS) is 19.9. The molecule has 38 heavy (non-hydrogen) atoms. The fourth-order valence-corrected chi connectivity index (χ4v) is 5.34. The quantitative estimate of drug-likeness (QED) is 0.368. The van der Waals surface area contributed by atoms with Gasteiger partial charge in [-0.3, -0.25) is 9.29 Å². The van der Waals surface area contributed by atoms with Crippen molar-refractivity contribution in [1.29, 1.82) is 0 Å². The maximum atomic E-state index is 13.0. The number of benzene rings is 3. The van der Waals surface area contributed by atoms with Gasteiger partial charge in [0.25, 0.3) is 0 Å². The van der Waals surface area contributed by atoms with Crippen LogP contribution in [0.2, 0.25) is 0 Å². The summed E-state index contributed by atoms with van der Waals surface area (Å²) in [5, 5.41) is 20.5. The third kappa shape index (κ3) is 5.20. The van der Waals surface area contributed by atoms with Crippen LogP contribution in [0.25, 0.3) is 11.1 Å². The molecule has 3 unspecified atom stereocenters. The van der Waals surface area contributed by atoms with Crippen LogP contribution in [-0.2, 0) is 0 Å². The van der Waals surface area contributed by atoms with E-state index in [4.69, 9.17) is 15.9 Å². The standard InChI is InChI=1S/C32H32FNO4/c1-4-22-13-25(15-27(36)14-22)31-21(3)29-16-26(35)7-10-30(29)38-32(31)24-5-8-28(9-6-24)37-19-20(2)34-12-11-23(17-33)18-34/h1,5-10,13-16,20,23,32,35-36H,11-12,17-19H2,2-3H3. The zero-order valence-electron chi connectivity index (χ0n) is 21.7. The van der Waals surface area contributed by atoms with Crippen LogP contribution in [-0.4, -0.2) is 47.5 Å². The molecule has 5 rings (SSSR count). The second-order valence-electron chi connectivity index (χ2n) is 10.2. The number of halogens is 1. The van der Waals surface area contributed by atoms with Crippen molar-refractivity contribution in [2.24, 2.45) is 5.92 Å². The SMILES string of the molecule is C#Cc1cc(O)cc(C2=C(C)c3cc(O)ccc3OC2c2ccc(OCC(C)N3CCC(CF)C3)cc2)c1. The van der Waals surface area contributed by atoms with Crippen molar-refractivity contribution in [2.45, 2.75) is 32.4 Å². The van der Waals surface area contributed by atoms with Crippen molar-refractivity contribution in [3.63, 3.8) is 0 Å². The Kier molecular flexibility index (Phi) is 7.31. The number of alkyl halides is 1. The molecule has 3 atom stereocenters. The number of hydrogen-bond acceptors (Lipinski definition) is 5. The van der Waals surface area contributed by atoms with E-state index in [0.717, 1.165) is 53.1 Å². The van der Waals surface area contributed by atoms with Gasteiger partial charge in [-0.05, 0) is 92.0 Å². The Bertz CT molecular complexity index is 1390. The molecular weight excluding hydrogens is 481 g/mol. The van der Waals surface area contributed by atoms with E-state index in [0.29, 0.717) is 17.9 Å². The van der Waals surface area contributed by atoms with E-state index in [2.05, 4.69) is 17.7 Å². The zero-order valence-corrected chi connectivity index (χ0v) is 21.7. The van der Waals surface area contributed by atoms with Gasteiger partial charge in [-0.15, -0.1) is 6.42 Å². The monoisotopic (exact) mass is 513 g/mol. The fourth-order valence-electron chi connectivity index (χ4n) is 5.34. The third-order valence-corrected chi connectivity index (χ3v) is 7.51. The summed E-state index contributed by atoms with van der Waals surface area (Å²) in [5.41, 5.74) is 4.79. The van der Waals surface area contributed by atoms with Crippen molar-refractivity contribution in [3.8, 4) is 35.3 Å². The van der Waals surface area contributed by atoms with Crippen LogP contribution in [0.4, 0.5) is 4.39 Å². The first-order chi connectivity index (χ1) is 18.4. The van der Waals surface area contributed by atoms with Gasteiger partial charge >= 0.3 is 0 Å². The molecule has 2 N–H and O–H groups in total. The van der Waals surface area contributed by atoms with Crippen LogP contribution >= 0.6 is 0 Å². The molecule has 6 heteroatoms. The Labute approximate surface area is 223 Å². The highest BCUT2D eigenvalue weighted by atomic mass is 19.1. The lowest BCUT2D eigenvalue weighted by molar-refractivity contribution is 0.165. The summed E-state index contributed by atoms with van der Waals surface area (Å²) in [5.74, 6) is 4.37. The highest BCUT2D eigenvalue weighted by molar-refractivity contribution is 5.96. The Morgan fingerprint density at radius 2 is 1.89 bits per heavy atom. The highest BCUT2D eigenvalue weighted by Gasteiger charge is 2.30. The molecule has 5 nitrogen and oxygen atoms in total. The summed E-state index contributed by atoms with van der Waals surface area (Å²) in [6.45, 7) is 6.04.